The van der Waals surface area contributed by atoms with Crippen LogP contribution >= 0.6 is 11.6 Å². The molecule has 0 spiro atoms. The number of nitrogens with zero attached hydrogens (tertiary/aromatic N) is 2. The predicted octanol–water partition coefficient (Wildman–Crippen LogP) is 1.95. The van der Waals surface area contributed by atoms with Crippen LogP contribution in [0.5, 0.6) is 0 Å². The maximum Gasteiger partial charge on any atom is 0.407 e. The minimum absolute atomic E-state index is 0.00846. The second kappa shape index (κ2) is 8.22. The Morgan fingerprint density at radius 3 is 2.67 bits per heavy atom. The van der Waals surface area contributed by atoms with Crippen molar-refractivity contribution in [3.8, 4) is 0 Å². The normalized spacial score (nSPS) is 13.9. The van der Waals surface area contributed by atoms with Gasteiger partial charge >= 0.3 is 6.09 Å². The molecule has 9 nitrogen and oxygen atoms in total. The molecule has 3 N–H and O–H groups in total. The van der Waals surface area contributed by atoms with Gasteiger partial charge in [0.15, 0.2) is 0 Å². The van der Waals surface area contributed by atoms with Crippen molar-refractivity contribution in [2.45, 2.75) is 45.0 Å². The first-order chi connectivity index (χ1) is 11.0. The third-order valence-electron chi connectivity index (χ3n) is 2.81. The van der Waals surface area contributed by atoms with Crippen LogP contribution < -0.4 is 5.32 Å². The molecule has 1 aromatic rings. The van der Waals surface area contributed by atoms with Crippen LogP contribution in [0.4, 0.5) is 10.5 Å². The van der Waals surface area contributed by atoms with Crippen LogP contribution in [-0.4, -0.2) is 44.5 Å². The molecule has 1 aromatic heterocycles. The van der Waals surface area contributed by atoms with Gasteiger partial charge in [-0.3, -0.25) is 10.1 Å². The Balaban J connectivity index is 2.64. The van der Waals surface area contributed by atoms with Gasteiger partial charge in [-0.15, -0.1) is 0 Å². The lowest BCUT2D eigenvalue weighted by atomic mass is 10.1. The Labute approximate surface area is 143 Å². The summed E-state index contributed by atoms with van der Waals surface area (Å²) < 4.78 is 5.02. The SMILES string of the molecule is CC(C)(C)OC(=O)NCCC(O)C(O)c1ncc(Cl)cc1[N+](=O)[O-]. The molecule has 1 rings (SSSR count). The zero-order valence-corrected chi connectivity index (χ0v) is 14.3. The van der Waals surface area contributed by atoms with Gasteiger partial charge in [-0.2, -0.15) is 0 Å². The molecule has 0 fully saturated rings. The minimum Gasteiger partial charge on any atom is -0.444 e. The molecule has 0 radical (unpaired) electrons. The Hall–Kier alpha value is -1.97. The summed E-state index contributed by atoms with van der Waals surface area (Å²) in [7, 11) is 0. The van der Waals surface area contributed by atoms with Crippen LogP contribution in [0, 0.1) is 10.1 Å². The van der Waals surface area contributed by atoms with Crippen LogP contribution in [0.1, 0.15) is 39.0 Å². The van der Waals surface area contributed by atoms with Gasteiger partial charge in [-0.05, 0) is 27.2 Å². The molecule has 24 heavy (non-hydrogen) atoms. The number of amides is 1. The van der Waals surface area contributed by atoms with Gasteiger partial charge in [-0.25, -0.2) is 9.78 Å². The molecular weight excluding hydrogens is 342 g/mol. The fraction of sp³-hybridized carbons (Fsp3) is 0.571. The van der Waals surface area contributed by atoms with Gasteiger partial charge in [0.25, 0.3) is 5.69 Å². The van der Waals surface area contributed by atoms with Crippen LogP contribution in [0.25, 0.3) is 0 Å². The zero-order valence-electron chi connectivity index (χ0n) is 13.5. The molecule has 0 saturated carbocycles. The van der Waals surface area contributed by atoms with Crippen LogP contribution in [0.3, 0.4) is 0 Å². The number of alkyl carbamates (subject to hydrolysis) is 1. The monoisotopic (exact) mass is 361 g/mol. The van der Waals surface area contributed by atoms with E-state index in [4.69, 9.17) is 16.3 Å². The summed E-state index contributed by atoms with van der Waals surface area (Å²) in [4.78, 5) is 25.4. The Morgan fingerprint density at radius 2 is 2.12 bits per heavy atom. The summed E-state index contributed by atoms with van der Waals surface area (Å²) in [5.41, 5.74) is -1.45. The van der Waals surface area contributed by atoms with Crippen molar-refractivity contribution in [1.29, 1.82) is 0 Å². The third kappa shape index (κ3) is 6.26. The molecule has 0 aromatic carbocycles. The average molecular weight is 362 g/mol. The molecule has 2 atom stereocenters. The number of carbonyl (C=O) groups excluding carboxylic acids is 1. The Morgan fingerprint density at radius 1 is 1.50 bits per heavy atom. The van der Waals surface area contributed by atoms with Crippen LogP contribution in [0.2, 0.25) is 5.02 Å². The number of aliphatic hydroxyl groups excluding tert-OH is 2. The number of pyridine rings is 1. The second-order valence-electron chi connectivity index (χ2n) is 6.04. The van der Waals surface area contributed by atoms with Crippen molar-refractivity contribution >= 4 is 23.4 Å². The van der Waals surface area contributed by atoms with E-state index in [1.54, 1.807) is 20.8 Å². The standard InChI is InChI=1S/C14H20ClN3O6/c1-14(2,3)24-13(21)16-5-4-10(19)12(20)11-9(18(22)23)6-8(15)7-17-11/h6-7,10,12,19-20H,4-5H2,1-3H3,(H,16,21). The van der Waals surface area contributed by atoms with Gasteiger partial charge in [0.1, 0.15) is 17.4 Å². The van der Waals surface area contributed by atoms with Gasteiger partial charge < -0.3 is 20.3 Å². The Bertz CT molecular complexity index is 605. The molecule has 0 aliphatic carbocycles. The quantitative estimate of drug-likeness (QED) is 0.520. The number of nitrogens with one attached hydrogen (secondary N) is 1. The van der Waals surface area contributed by atoms with Gasteiger partial charge in [0, 0.05) is 18.8 Å². The lowest BCUT2D eigenvalue weighted by Crippen LogP contribution is -2.34. The highest BCUT2D eigenvalue weighted by molar-refractivity contribution is 6.30. The van der Waals surface area contributed by atoms with E-state index in [0.717, 1.165) is 12.3 Å². The molecule has 0 bridgehead atoms. The van der Waals surface area contributed by atoms with E-state index in [0.29, 0.717) is 0 Å². The largest absolute Gasteiger partial charge is 0.444 e. The molecular formula is C14H20ClN3O6. The first kappa shape index (κ1) is 20.1. The second-order valence-corrected chi connectivity index (χ2v) is 6.48. The summed E-state index contributed by atoms with van der Waals surface area (Å²) in [6.07, 6.45) is -2.55. The van der Waals surface area contributed by atoms with Crippen molar-refractivity contribution in [3.05, 3.63) is 33.1 Å². The van der Waals surface area contributed by atoms with E-state index in [9.17, 15) is 25.1 Å². The highest BCUT2D eigenvalue weighted by Gasteiger charge is 2.28. The number of rotatable bonds is 6. The van der Waals surface area contributed by atoms with Gasteiger partial charge in [0.2, 0.25) is 0 Å². The number of nitro groups is 1. The highest BCUT2D eigenvalue weighted by atomic mass is 35.5. The van der Waals surface area contributed by atoms with Crippen molar-refractivity contribution in [2.75, 3.05) is 6.54 Å². The van der Waals surface area contributed by atoms with E-state index in [2.05, 4.69) is 10.3 Å². The van der Waals surface area contributed by atoms with Gasteiger partial charge in [-0.1, -0.05) is 11.6 Å². The van der Waals surface area contributed by atoms with Crippen molar-refractivity contribution in [1.82, 2.24) is 10.3 Å². The number of aromatic nitrogens is 1. The van der Waals surface area contributed by atoms with Crippen LogP contribution in [-0.2, 0) is 4.74 Å². The maximum atomic E-state index is 11.5. The number of halogens is 1. The van der Waals surface area contributed by atoms with E-state index in [-0.39, 0.29) is 23.7 Å². The summed E-state index contributed by atoms with van der Waals surface area (Å²) in [5.74, 6) is 0. The van der Waals surface area contributed by atoms with Crippen LogP contribution in [0.15, 0.2) is 12.3 Å². The molecule has 1 amide bonds. The number of ether oxygens (including phenoxy) is 1. The number of aliphatic hydroxyl groups is 2. The topological polar surface area (TPSA) is 135 Å². The summed E-state index contributed by atoms with van der Waals surface area (Å²) in [6.45, 7) is 5.12. The van der Waals surface area contributed by atoms with E-state index in [1.807, 2.05) is 0 Å². The fourth-order valence-corrected chi connectivity index (χ4v) is 1.94. The van der Waals surface area contributed by atoms with Crippen molar-refractivity contribution < 1.29 is 24.7 Å². The number of carbonyl (C=O) groups is 1. The molecule has 10 heteroatoms. The lowest BCUT2D eigenvalue weighted by Gasteiger charge is -2.21. The zero-order chi connectivity index (χ0) is 18.5. The Kier molecular flexibility index (Phi) is 6.88. The van der Waals surface area contributed by atoms with E-state index >= 15 is 0 Å². The third-order valence-corrected chi connectivity index (χ3v) is 3.02. The highest BCUT2D eigenvalue weighted by Crippen LogP contribution is 2.28. The smallest absolute Gasteiger partial charge is 0.407 e. The molecule has 134 valence electrons. The van der Waals surface area contributed by atoms with Gasteiger partial charge in [0.05, 0.1) is 16.0 Å². The fourth-order valence-electron chi connectivity index (χ4n) is 1.79. The van der Waals surface area contributed by atoms with E-state index in [1.165, 1.54) is 0 Å². The van der Waals surface area contributed by atoms with E-state index < -0.39 is 34.5 Å². The minimum atomic E-state index is -1.59. The number of hydrogen-bond acceptors (Lipinski definition) is 7. The predicted molar refractivity (Wildman–Crippen MR) is 85.7 cm³/mol. The first-order valence-electron chi connectivity index (χ1n) is 7.14. The maximum absolute atomic E-state index is 11.5. The summed E-state index contributed by atoms with van der Waals surface area (Å²) >= 11 is 5.64. The summed E-state index contributed by atoms with van der Waals surface area (Å²) in [6, 6.07) is 1.04. The van der Waals surface area contributed by atoms with Crippen molar-refractivity contribution in [3.63, 3.8) is 0 Å². The lowest BCUT2D eigenvalue weighted by molar-refractivity contribution is -0.386. The molecule has 0 saturated heterocycles. The first-order valence-corrected chi connectivity index (χ1v) is 7.52. The summed E-state index contributed by atoms with van der Waals surface area (Å²) in [5, 5.41) is 33.4. The molecule has 0 aliphatic heterocycles. The molecule has 2 unspecified atom stereocenters. The molecule has 1 heterocycles. The van der Waals surface area contributed by atoms with Crippen molar-refractivity contribution in [2.24, 2.45) is 0 Å². The molecule has 0 aliphatic rings. The number of hydrogen-bond donors (Lipinski definition) is 3. The average Bonchev–Trinajstić information content (AvgIpc) is 2.44.